The van der Waals surface area contributed by atoms with Crippen LogP contribution in [0.2, 0.25) is 0 Å². The minimum atomic E-state index is -2.81. The summed E-state index contributed by atoms with van der Waals surface area (Å²) in [6.45, 7) is -1.94. The molecule has 0 aliphatic carbocycles. The summed E-state index contributed by atoms with van der Waals surface area (Å²) in [5, 5.41) is 5.91. The number of amidine groups is 1. The SMILES string of the molecule is FC(F)Oc1ccc(-c2csc(NC3=NCCC3)n2)cc1. The van der Waals surface area contributed by atoms with Gasteiger partial charge in [0, 0.05) is 23.9 Å². The van der Waals surface area contributed by atoms with Gasteiger partial charge in [-0.25, -0.2) is 4.98 Å². The second-order valence-electron chi connectivity index (χ2n) is 4.50. The van der Waals surface area contributed by atoms with E-state index < -0.39 is 6.61 Å². The van der Waals surface area contributed by atoms with Gasteiger partial charge in [-0.2, -0.15) is 8.78 Å². The predicted octanol–water partition coefficient (Wildman–Crippen LogP) is 4.02. The first-order valence-corrected chi connectivity index (χ1v) is 7.40. The third-order valence-electron chi connectivity index (χ3n) is 3.01. The molecule has 21 heavy (non-hydrogen) atoms. The average Bonchev–Trinajstić information content (AvgIpc) is 3.11. The van der Waals surface area contributed by atoms with Crippen molar-refractivity contribution >= 4 is 22.3 Å². The van der Waals surface area contributed by atoms with Crippen LogP contribution >= 0.6 is 11.3 Å². The highest BCUT2D eigenvalue weighted by atomic mass is 32.1. The van der Waals surface area contributed by atoms with Crippen molar-refractivity contribution in [2.24, 2.45) is 4.99 Å². The summed E-state index contributed by atoms with van der Waals surface area (Å²) in [4.78, 5) is 8.81. The van der Waals surface area contributed by atoms with E-state index in [0.717, 1.165) is 41.6 Å². The Labute approximate surface area is 124 Å². The lowest BCUT2D eigenvalue weighted by atomic mass is 10.2. The van der Waals surface area contributed by atoms with E-state index in [2.05, 4.69) is 20.0 Å². The van der Waals surface area contributed by atoms with Crippen molar-refractivity contribution in [1.29, 1.82) is 0 Å². The van der Waals surface area contributed by atoms with E-state index in [4.69, 9.17) is 0 Å². The maximum Gasteiger partial charge on any atom is 0.387 e. The normalized spacial score (nSPS) is 14.3. The Balaban J connectivity index is 1.70. The van der Waals surface area contributed by atoms with E-state index in [-0.39, 0.29) is 5.75 Å². The highest BCUT2D eigenvalue weighted by molar-refractivity contribution is 7.14. The summed E-state index contributed by atoms with van der Waals surface area (Å²) in [5.41, 5.74) is 1.65. The summed E-state index contributed by atoms with van der Waals surface area (Å²) < 4.78 is 28.5. The van der Waals surface area contributed by atoms with E-state index in [1.54, 1.807) is 12.1 Å². The Morgan fingerprint density at radius 3 is 2.71 bits per heavy atom. The molecule has 0 spiro atoms. The summed E-state index contributed by atoms with van der Waals surface area (Å²) in [6, 6.07) is 6.44. The minimum Gasteiger partial charge on any atom is -0.435 e. The summed E-state index contributed by atoms with van der Waals surface area (Å²) in [6.07, 6.45) is 2.03. The maximum absolute atomic E-state index is 12.1. The van der Waals surface area contributed by atoms with Gasteiger partial charge in [0.05, 0.1) is 5.69 Å². The van der Waals surface area contributed by atoms with Crippen LogP contribution in [0, 0.1) is 0 Å². The Morgan fingerprint density at radius 1 is 1.24 bits per heavy atom. The van der Waals surface area contributed by atoms with Crippen LogP contribution in [-0.2, 0) is 0 Å². The molecule has 0 saturated carbocycles. The zero-order valence-corrected chi connectivity index (χ0v) is 11.9. The molecule has 7 heteroatoms. The highest BCUT2D eigenvalue weighted by Gasteiger charge is 2.10. The van der Waals surface area contributed by atoms with Crippen LogP contribution in [0.25, 0.3) is 11.3 Å². The number of hydrogen-bond acceptors (Lipinski definition) is 5. The number of rotatable bonds is 4. The van der Waals surface area contributed by atoms with Crippen LogP contribution in [0.3, 0.4) is 0 Å². The van der Waals surface area contributed by atoms with Crippen molar-refractivity contribution in [2.75, 3.05) is 11.9 Å². The van der Waals surface area contributed by atoms with Gasteiger partial charge in [-0.1, -0.05) is 0 Å². The van der Waals surface area contributed by atoms with Gasteiger partial charge in [0.1, 0.15) is 11.6 Å². The van der Waals surface area contributed by atoms with Crippen molar-refractivity contribution in [3.63, 3.8) is 0 Å². The molecule has 0 atom stereocenters. The lowest BCUT2D eigenvalue weighted by Crippen LogP contribution is -2.07. The summed E-state index contributed by atoms with van der Waals surface area (Å²) in [5.74, 6) is 1.11. The summed E-state index contributed by atoms with van der Waals surface area (Å²) >= 11 is 1.49. The zero-order valence-electron chi connectivity index (χ0n) is 11.1. The molecule has 1 aliphatic rings. The number of halogens is 2. The monoisotopic (exact) mass is 309 g/mol. The molecule has 110 valence electrons. The number of aromatic nitrogens is 1. The van der Waals surface area contributed by atoms with E-state index in [1.807, 2.05) is 5.38 Å². The first-order chi connectivity index (χ1) is 10.2. The number of hydrogen-bond donors (Lipinski definition) is 1. The average molecular weight is 309 g/mol. The second kappa shape index (κ2) is 6.17. The van der Waals surface area contributed by atoms with Crippen molar-refractivity contribution in [3.05, 3.63) is 29.6 Å². The fourth-order valence-corrected chi connectivity index (χ4v) is 2.78. The first kappa shape index (κ1) is 13.9. The number of anilines is 1. The van der Waals surface area contributed by atoms with Gasteiger partial charge >= 0.3 is 6.61 Å². The highest BCUT2D eigenvalue weighted by Crippen LogP contribution is 2.27. The van der Waals surface area contributed by atoms with Gasteiger partial charge in [-0.3, -0.25) is 4.99 Å². The Hall–Kier alpha value is -2.02. The molecule has 4 nitrogen and oxygen atoms in total. The van der Waals surface area contributed by atoms with Crippen molar-refractivity contribution in [1.82, 2.24) is 4.98 Å². The quantitative estimate of drug-likeness (QED) is 0.928. The fraction of sp³-hybridized carbons (Fsp3) is 0.286. The molecule has 0 radical (unpaired) electrons. The Bertz CT molecular complexity index is 640. The van der Waals surface area contributed by atoms with Gasteiger partial charge in [0.2, 0.25) is 0 Å². The molecule has 0 unspecified atom stereocenters. The predicted molar refractivity (Wildman–Crippen MR) is 79.3 cm³/mol. The minimum absolute atomic E-state index is 0.141. The molecule has 0 saturated heterocycles. The number of aliphatic imine (C=N–C) groups is 1. The van der Waals surface area contributed by atoms with Gasteiger partial charge in [0.15, 0.2) is 5.13 Å². The number of ether oxygens (including phenoxy) is 1. The van der Waals surface area contributed by atoms with E-state index >= 15 is 0 Å². The van der Waals surface area contributed by atoms with Crippen LogP contribution < -0.4 is 10.1 Å². The number of nitrogens with one attached hydrogen (secondary N) is 1. The lowest BCUT2D eigenvalue weighted by molar-refractivity contribution is -0.0498. The van der Waals surface area contributed by atoms with Crippen LogP contribution in [0.5, 0.6) is 5.75 Å². The zero-order chi connectivity index (χ0) is 14.7. The number of nitrogens with zero attached hydrogens (tertiary/aromatic N) is 2. The lowest BCUT2D eigenvalue weighted by Gasteiger charge is -2.04. The van der Waals surface area contributed by atoms with Crippen molar-refractivity contribution < 1.29 is 13.5 Å². The number of alkyl halides is 2. The largest absolute Gasteiger partial charge is 0.435 e. The van der Waals surface area contributed by atoms with E-state index in [1.165, 1.54) is 23.5 Å². The van der Waals surface area contributed by atoms with E-state index in [0.29, 0.717) is 0 Å². The molecule has 0 amide bonds. The van der Waals surface area contributed by atoms with Gasteiger partial charge in [-0.05, 0) is 30.7 Å². The van der Waals surface area contributed by atoms with Gasteiger partial charge in [0.25, 0.3) is 0 Å². The molecule has 3 rings (SSSR count). The maximum atomic E-state index is 12.1. The van der Waals surface area contributed by atoms with E-state index in [9.17, 15) is 8.78 Å². The fourth-order valence-electron chi connectivity index (χ4n) is 2.04. The molecule has 2 aromatic rings. The van der Waals surface area contributed by atoms with Crippen molar-refractivity contribution in [2.45, 2.75) is 19.5 Å². The molecule has 1 N–H and O–H groups in total. The smallest absolute Gasteiger partial charge is 0.387 e. The third kappa shape index (κ3) is 3.55. The van der Waals surface area contributed by atoms with Crippen molar-refractivity contribution in [3.8, 4) is 17.0 Å². The van der Waals surface area contributed by atoms with Crippen LogP contribution in [-0.4, -0.2) is 24.0 Å². The first-order valence-electron chi connectivity index (χ1n) is 6.52. The van der Waals surface area contributed by atoms with Gasteiger partial charge < -0.3 is 10.1 Å². The number of thiazole rings is 1. The number of benzene rings is 1. The van der Waals surface area contributed by atoms with Crippen LogP contribution in [0.1, 0.15) is 12.8 Å². The van der Waals surface area contributed by atoms with Crippen LogP contribution in [0.4, 0.5) is 13.9 Å². The molecule has 1 aliphatic heterocycles. The second-order valence-corrected chi connectivity index (χ2v) is 5.36. The molecule has 0 fully saturated rings. The molecular weight excluding hydrogens is 296 g/mol. The van der Waals surface area contributed by atoms with Crippen LogP contribution in [0.15, 0.2) is 34.6 Å². The third-order valence-corrected chi connectivity index (χ3v) is 3.76. The summed E-state index contributed by atoms with van der Waals surface area (Å²) in [7, 11) is 0. The molecule has 1 aromatic carbocycles. The Morgan fingerprint density at radius 2 is 2.05 bits per heavy atom. The van der Waals surface area contributed by atoms with Gasteiger partial charge in [-0.15, -0.1) is 11.3 Å². The molecular formula is C14H13F2N3OS. The Kier molecular flexibility index (Phi) is 4.10. The topological polar surface area (TPSA) is 46.5 Å². The standard InChI is InChI=1S/C14H13F2N3OS/c15-13(16)20-10-5-3-9(4-6-10)11-8-21-14(18-11)19-12-2-1-7-17-12/h3-6,8,13H,1-2,7H2,(H,17,18,19). The molecule has 1 aromatic heterocycles. The molecule has 0 bridgehead atoms. The molecule has 2 heterocycles.